The van der Waals surface area contributed by atoms with Crippen LogP contribution in [0.15, 0.2) is 18.2 Å². The molecule has 6 nitrogen and oxygen atoms in total. The van der Waals surface area contributed by atoms with Crippen molar-refractivity contribution in [2.45, 2.75) is 0 Å². The number of carbonyl (C=O) groups excluding carboxylic acids is 1. The van der Waals surface area contributed by atoms with Gasteiger partial charge in [0.15, 0.2) is 0 Å². The maximum Gasteiger partial charge on any atom is 0.335 e. The molecule has 1 aromatic rings. The lowest BCUT2D eigenvalue weighted by molar-refractivity contribution is -0.115. The van der Waals surface area contributed by atoms with E-state index in [9.17, 15) is 14.0 Å². The number of carboxylic acid groups (broad SMARTS) is 1. The van der Waals surface area contributed by atoms with Gasteiger partial charge in [-0.2, -0.15) is 0 Å². The second-order valence-corrected chi connectivity index (χ2v) is 3.72. The van der Waals surface area contributed by atoms with Crippen molar-refractivity contribution in [2.24, 2.45) is 0 Å². The van der Waals surface area contributed by atoms with Gasteiger partial charge in [0.05, 0.1) is 24.4 Å². The predicted octanol–water partition coefficient (Wildman–Crippen LogP) is 0.698. The normalized spacial score (nSPS) is 10.2. The summed E-state index contributed by atoms with van der Waals surface area (Å²) in [6.07, 6.45) is 0. The molecule has 0 aliphatic rings. The number of anilines is 1. The van der Waals surface area contributed by atoms with E-state index in [2.05, 4.69) is 10.6 Å². The molecule has 0 unspecified atom stereocenters. The van der Waals surface area contributed by atoms with Gasteiger partial charge in [0.2, 0.25) is 5.91 Å². The smallest absolute Gasteiger partial charge is 0.335 e. The number of hydrogen-bond donors (Lipinski definition) is 3. The number of rotatable bonds is 7. The van der Waals surface area contributed by atoms with E-state index >= 15 is 0 Å². The molecule has 0 spiro atoms. The molecular weight excluding hydrogens is 255 g/mol. The van der Waals surface area contributed by atoms with E-state index in [-0.39, 0.29) is 17.8 Å². The summed E-state index contributed by atoms with van der Waals surface area (Å²) >= 11 is 0. The van der Waals surface area contributed by atoms with Crippen molar-refractivity contribution >= 4 is 17.6 Å². The highest BCUT2D eigenvalue weighted by atomic mass is 19.1. The second-order valence-electron chi connectivity index (χ2n) is 3.72. The number of carboxylic acids is 1. The van der Waals surface area contributed by atoms with Gasteiger partial charge in [-0.25, -0.2) is 9.18 Å². The summed E-state index contributed by atoms with van der Waals surface area (Å²) < 4.78 is 18.2. The molecule has 0 aliphatic heterocycles. The summed E-state index contributed by atoms with van der Waals surface area (Å²) in [7, 11) is 1.54. The minimum Gasteiger partial charge on any atom is -0.478 e. The molecule has 104 valence electrons. The quantitative estimate of drug-likeness (QED) is 0.635. The highest BCUT2D eigenvalue weighted by molar-refractivity contribution is 5.94. The fourth-order valence-corrected chi connectivity index (χ4v) is 1.32. The van der Waals surface area contributed by atoms with E-state index in [0.717, 1.165) is 18.2 Å². The second kappa shape index (κ2) is 7.45. The fourth-order valence-electron chi connectivity index (χ4n) is 1.32. The number of amides is 1. The Bertz CT molecular complexity index is 465. The van der Waals surface area contributed by atoms with E-state index in [1.54, 1.807) is 0 Å². The summed E-state index contributed by atoms with van der Waals surface area (Å²) in [4.78, 5) is 22.2. The third-order valence-corrected chi connectivity index (χ3v) is 2.26. The Morgan fingerprint density at radius 2 is 2.16 bits per heavy atom. The van der Waals surface area contributed by atoms with Crippen molar-refractivity contribution < 1.29 is 23.8 Å². The van der Waals surface area contributed by atoms with E-state index in [0.29, 0.717) is 13.2 Å². The lowest BCUT2D eigenvalue weighted by Gasteiger charge is -2.08. The molecule has 0 atom stereocenters. The highest BCUT2D eigenvalue weighted by Gasteiger charge is 2.10. The number of ether oxygens (including phenoxy) is 1. The molecule has 0 aliphatic carbocycles. The molecule has 0 radical (unpaired) electrons. The summed E-state index contributed by atoms with van der Waals surface area (Å²) in [5.41, 5.74) is -0.248. The average Bonchev–Trinajstić information content (AvgIpc) is 2.37. The van der Waals surface area contributed by atoms with Crippen LogP contribution in [-0.2, 0) is 9.53 Å². The monoisotopic (exact) mass is 270 g/mol. The van der Waals surface area contributed by atoms with Gasteiger partial charge >= 0.3 is 5.97 Å². The first-order valence-electron chi connectivity index (χ1n) is 5.57. The molecule has 1 amide bonds. The van der Waals surface area contributed by atoms with Crippen molar-refractivity contribution in [1.29, 1.82) is 0 Å². The van der Waals surface area contributed by atoms with Gasteiger partial charge in [-0.05, 0) is 18.2 Å². The number of carbonyl (C=O) groups is 2. The van der Waals surface area contributed by atoms with E-state index in [1.807, 2.05) is 0 Å². The van der Waals surface area contributed by atoms with Crippen LogP contribution in [0.1, 0.15) is 10.4 Å². The van der Waals surface area contributed by atoms with Crippen LogP contribution in [0, 0.1) is 5.82 Å². The summed E-state index contributed by atoms with van der Waals surface area (Å²) in [6, 6.07) is 3.20. The average molecular weight is 270 g/mol. The number of benzene rings is 1. The van der Waals surface area contributed by atoms with Gasteiger partial charge in [-0.3, -0.25) is 4.79 Å². The van der Waals surface area contributed by atoms with Crippen LogP contribution in [0.2, 0.25) is 0 Å². The van der Waals surface area contributed by atoms with Gasteiger partial charge in [-0.15, -0.1) is 0 Å². The number of aromatic carboxylic acids is 1. The lowest BCUT2D eigenvalue weighted by atomic mass is 10.2. The van der Waals surface area contributed by atoms with Gasteiger partial charge in [0.25, 0.3) is 0 Å². The third-order valence-electron chi connectivity index (χ3n) is 2.26. The zero-order chi connectivity index (χ0) is 14.3. The zero-order valence-electron chi connectivity index (χ0n) is 10.4. The van der Waals surface area contributed by atoms with Crippen molar-refractivity contribution in [2.75, 3.05) is 32.1 Å². The summed E-state index contributed by atoms with van der Waals surface area (Å²) in [6.45, 7) is 0.928. The zero-order valence-corrected chi connectivity index (χ0v) is 10.4. The van der Waals surface area contributed by atoms with E-state index < -0.39 is 17.7 Å². The molecule has 0 heterocycles. The minimum atomic E-state index is -1.19. The van der Waals surface area contributed by atoms with Gasteiger partial charge in [-0.1, -0.05) is 0 Å². The molecular formula is C12H15FN2O4. The van der Waals surface area contributed by atoms with Crippen molar-refractivity contribution in [1.82, 2.24) is 5.32 Å². The Morgan fingerprint density at radius 1 is 1.42 bits per heavy atom. The Labute approximate surface area is 109 Å². The van der Waals surface area contributed by atoms with E-state index in [4.69, 9.17) is 9.84 Å². The van der Waals surface area contributed by atoms with Crippen LogP contribution >= 0.6 is 0 Å². The van der Waals surface area contributed by atoms with Crippen molar-refractivity contribution in [3.63, 3.8) is 0 Å². The first-order valence-corrected chi connectivity index (χ1v) is 5.57. The van der Waals surface area contributed by atoms with Crippen LogP contribution in [0.5, 0.6) is 0 Å². The number of methoxy groups -OCH3 is 1. The topological polar surface area (TPSA) is 87.7 Å². The van der Waals surface area contributed by atoms with Crippen LogP contribution in [0.4, 0.5) is 10.1 Å². The molecule has 0 aromatic heterocycles. The van der Waals surface area contributed by atoms with Gasteiger partial charge < -0.3 is 20.5 Å². The van der Waals surface area contributed by atoms with Crippen LogP contribution in [0.3, 0.4) is 0 Å². The minimum absolute atomic E-state index is 0.0138. The first-order chi connectivity index (χ1) is 9.04. The third kappa shape index (κ3) is 5.02. The Kier molecular flexibility index (Phi) is 5.91. The predicted molar refractivity (Wildman–Crippen MR) is 66.7 cm³/mol. The lowest BCUT2D eigenvalue weighted by Crippen LogP contribution is -2.30. The number of hydrogen-bond acceptors (Lipinski definition) is 4. The van der Waals surface area contributed by atoms with Crippen molar-refractivity contribution in [3.05, 3.63) is 29.6 Å². The van der Waals surface area contributed by atoms with Crippen LogP contribution in [-0.4, -0.2) is 43.8 Å². The van der Waals surface area contributed by atoms with Crippen molar-refractivity contribution in [3.8, 4) is 0 Å². The maximum absolute atomic E-state index is 13.4. The van der Waals surface area contributed by atoms with Gasteiger partial charge in [0, 0.05) is 13.7 Å². The molecule has 3 N–H and O–H groups in total. The Balaban J connectivity index is 2.58. The Hall–Kier alpha value is -1.99. The molecule has 0 bridgehead atoms. The fraction of sp³-hybridized carbons (Fsp3) is 0.333. The Morgan fingerprint density at radius 3 is 2.79 bits per heavy atom. The largest absolute Gasteiger partial charge is 0.478 e. The molecule has 7 heteroatoms. The SMILES string of the molecule is COCCNCC(=O)Nc1cc(C(=O)O)ccc1F. The van der Waals surface area contributed by atoms with Crippen LogP contribution in [0.25, 0.3) is 0 Å². The molecule has 0 fully saturated rings. The maximum atomic E-state index is 13.4. The number of nitrogens with one attached hydrogen (secondary N) is 2. The standard InChI is InChI=1S/C12H15FN2O4/c1-19-5-4-14-7-11(16)15-10-6-8(12(17)18)2-3-9(10)13/h2-3,6,14H,4-5,7H2,1H3,(H,15,16)(H,17,18). The molecule has 0 saturated carbocycles. The molecule has 0 saturated heterocycles. The van der Waals surface area contributed by atoms with E-state index in [1.165, 1.54) is 7.11 Å². The number of halogens is 1. The van der Waals surface area contributed by atoms with Gasteiger partial charge in [0.1, 0.15) is 5.82 Å². The molecule has 1 rings (SSSR count). The highest BCUT2D eigenvalue weighted by Crippen LogP contribution is 2.16. The molecule has 19 heavy (non-hydrogen) atoms. The summed E-state index contributed by atoms with van der Waals surface area (Å²) in [5.74, 6) is -2.33. The summed E-state index contributed by atoms with van der Waals surface area (Å²) in [5, 5.41) is 13.9. The first kappa shape index (κ1) is 15.1. The van der Waals surface area contributed by atoms with Crippen LogP contribution < -0.4 is 10.6 Å². The molecule has 1 aromatic carbocycles.